The number of carbonyl (C=O) groups is 2. The number of hydrogen-bond donors (Lipinski definition) is 1. The zero-order chi connectivity index (χ0) is 15.8. The maximum absolute atomic E-state index is 11.8. The Morgan fingerprint density at radius 2 is 2.09 bits per heavy atom. The Balaban J connectivity index is 1.66. The number of aldehydes is 1. The van der Waals surface area contributed by atoms with Gasteiger partial charge in [-0.25, -0.2) is 0 Å². The normalized spacial score (nSPS) is 15.0. The third kappa shape index (κ3) is 4.84. The van der Waals surface area contributed by atoms with Gasteiger partial charge in [0.1, 0.15) is 5.75 Å². The number of para-hydroxylation sites is 1. The Morgan fingerprint density at radius 3 is 2.82 bits per heavy atom. The van der Waals surface area contributed by atoms with Crippen molar-refractivity contribution in [1.82, 2.24) is 10.2 Å². The van der Waals surface area contributed by atoms with Crippen molar-refractivity contribution in [2.75, 3.05) is 26.7 Å². The van der Waals surface area contributed by atoms with Crippen molar-refractivity contribution in [3.63, 3.8) is 0 Å². The molecule has 0 radical (unpaired) electrons. The molecule has 0 bridgehead atoms. The number of benzene rings is 1. The highest BCUT2D eigenvalue weighted by Gasteiger charge is 2.18. The van der Waals surface area contributed by atoms with Crippen LogP contribution < -0.4 is 10.1 Å². The summed E-state index contributed by atoms with van der Waals surface area (Å²) in [6.07, 6.45) is 5.87. The van der Waals surface area contributed by atoms with Gasteiger partial charge < -0.3 is 15.0 Å². The van der Waals surface area contributed by atoms with Crippen molar-refractivity contribution in [1.29, 1.82) is 0 Å². The Hall–Kier alpha value is -1.88. The molecule has 2 rings (SSSR count). The van der Waals surface area contributed by atoms with Crippen molar-refractivity contribution in [3.05, 3.63) is 29.8 Å². The smallest absolute Gasteiger partial charge is 0.257 e. The Kier molecular flexibility index (Phi) is 6.40. The molecule has 0 spiro atoms. The molecule has 22 heavy (non-hydrogen) atoms. The van der Waals surface area contributed by atoms with Crippen molar-refractivity contribution in [2.24, 2.45) is 0 Å². The zero-order valence-electron chi connectivity index (χ0n) is 13.1. The molecule has 1 aromatic carbocycles. The van der Waals surface area contributed by atoms with Crippen LogP contribution in [-0.4, -0.2) is 49.9 Å². The molecule has 0 atom stereocenters. The quantitative estimate of drug-likeness (QED) is 0.745. The van der Waals surface area contributed by atoms with Crippen LogP contribution in [0.4, 0.5) is 0 Å². The van der Waals surface area contributed by atoms with Crippen LogP contribution in [0.5, 0.6) is 5.75 Å². The first-order valence-corrected chi connectivity index (χ1v) is 7.84. The highest BCUT2D eigenvalue weighted by Crippen LogP contribution is 2.21. The number of nitrogens with zero attached hydrogens (tertiary/aromatic N) is 1. The molecule has 1 N–H and O–H groups in total. The standard InChI is InChI=1S/C17H24N2O3/c1-19(15-7-3-4-8-15)11-10-18-17(21)13-22-16-9-5-2-6-14(16)12-20/h2,5-6,9,12,15H,3-4,7-8,10-11,13H2,1H3,(H,18,21). The number of likely N-dealkylation sites (N-methyl/N-ethyl adjacent to an activating group) is 1. The molecule has 1 aliphatic rings. The first kappa shape index (κ1) is 16.5. The lowest BCUT2D eigenvalue weighted by Crippen LogP contribution is -2.38. The lowest BCUT2D eigenvalue weighted by atomic mass is 10.2. The average molecular weight is 304 g/mol. The summed E-state index contributed by atoms with van der Waals surface area (Å²) in [5.41, 5.74) is 0.455. The molecule has 0 aliphatic heterocycles. The van der Waals surface area contributed by atoms with E-state index < -0.39 is 0 Å². The van der Waals surface area contributed by atoms with Gasteiger partial charge >= 0.3 is 0 Å². The van der Waals surface area contributed by atoms with Crippen LogP contribution in [0.2, 0.25) is 0 Å². The van der Waals surface area contributed by atoms with E-state index in [4.69, 9.17) is 4.74 Å². The summed E-state index contributed by atoms with van der Waals surface area (Å²) in [7, 11) is 2.11. The van der Waals surface area contributed by atoms with Gasteiger partial charge in [-0.05, 0) is 32.0 Å². The number of rotatable bonds is 8. The van der Waals surface area contributed by atoms with Crippen molar-refractivity contribution in [2.45, 2.75) is 31.7 Å². The van der Waals surface area contributed by atoms with Gasteiger partial charge in [0, 0.05) is 19.1 Å². The Bertz CT molecular complexity index is 498. The second-order valence-electron chi connectivity index (χ2n) is 5.71. The zero-order valence-corrected chi connectivity index (χ0v) is 13.1. The molecule has 5 heteroatoms. The molecule has 120 valence electrons. The molecule has 1 saturated carbocycles. The minimum atomic E-state index is -0.166. The van der Waals surface area contributed by atoms with Gasteiger partial charge in [-0.15, -0.1) is 0 Å². The monoisotopic (exact) mass is 304 g/mol. The lowest BCUT2D eigenvalue weighted by molar-refractivity contribution is -0.123. The topological polar surface area (TPSA) is 58.6 Å². The molecular formula is C17H24N2O3. The maximum atomic E-state index is 11.8. The van der Waals surface area contributed by atoms with Gasteiger partial charge in [0.2, 0.25) is 0 Å². The van der Waals surface area contributed by atoms with Crippen molar-refractivity contribution >= 4 is 12.2 Å². The molecule has 0 saturated heterocycles. The van der Waals surface area contributed by atoms with Crippen molar-refractivity contribution < 1.29 is 14.3 Å². The highest BCUT2D eigenvalue weighted by molar-refractivity contribution is 5.80. The minimum absolute atomic E-state index is 0.0714. The number of amides is 1. The molecule has 1 amide bonds. The average Bonchev–Trinajstić information content (AvgIpc) is 3.07. The van der Waals surface area contributed by atoms with E-state index in [1.807, 2.05) is 0 Å². The van der Waals surface area contributed by atoms with E-state index in [-0.39, 0.29) is 12.5 Å². The fraction of sp³-hybridized carbons (Fsp3) is 0.529. The molecule has 1 aromatic rings. The first-order valence-electron chi connectivity index (χ1n) is 7.84. The highest BCUT2D eigenvalue weighted by atomic mass is 16.5. The van der Waals surface area contributed by atoms with Crippen LogP contribution in [0.1, 0.15) is 36.0 Å². The van der Waals surface area contributed by atoms with Crippen LogP contribution in [0.15, 0.2) is 24.3 Å². The largest absolute Gasteiger partial charge is 0.483 e. The predicted molar refractivity (Wildman–Crippen MR) is 85.2 cm³/mol. The summed E-state index contributed by atoms with van der Waals surface area (Å²) < 4.78 is 5.39. The van der Waals surface area contributed by atoms with E-state index in [1.54, 1.807) is 24.3 Å². The molecule has 0 unspecified atom stereocenters. The van der Waals surface area contributed by atoms with E-state index in [0.29, 0.717) is 23.9 Å². The second kappa shape index (κ2) is 8.54. The van der Waals surface area contributed by atoms with Gasteiger partial charge in [0.25, 0.3) is 5.91 Å². The predicted octanol–water partition coefficient (Wildman–Crippen LogP) is 1.87. The lowest BCUT2D eigenvalue weighted by Gasteiger charge is -2.23. The van der Waals surface area contributed by atoms with E-state index >= 15 is 0 Å². The summed E-state index contributed by atoms with van der Waals surface area (Å²) in [6.45, 7) is 1.39. The van der Waals surface area contributed by atoms with Gasteiger partial charge in [-0.1, -0.05) is 25.0 Å². The summed E-state index contributed by atoms with van der Waals surface area (Å²) in [5.74, 6) is 0.274. The number of ether oxygens (including phenoxy) is 1. The summed E-state index contributed by atoms with van der Waals surface area (Å²) >= 11 is 0. The SMILES string of the molecule is CN(CCNC(=O)COc1ccccc1C=O)C1CCCC1. The second-order valence-corrected chi connectivity index (χ2v) is 5.71. The van der Waals surface area contributed by atoms with E-state index in [2.05, 4.69) is 17.3 Å². The summed E-state index contributed by atoms with van der Waals surface area (Å²) in [4.78, 5) is 24.9. The summed E-state index contributed by atoms with van der Waals surface area (Å²) in [5, 5.41) is 2.85. The molecule has 5 nitrogen and oxygen atoms in total. The molecule has 1 fully saturated rings. The van der Waals surface area contributed by atoms with Crippen LogP contribution in [0, 0.1) is 0 Å². The fourth-order valence-electron chi connectivity index (χ4n) is 2.80. The van der Waals surface area contributed by atoms with Gasteiger partial charge in [-0.3, -0.25) is 9.59 Å². The van der Waals surface area contributed by atoms with Gasteiger partial charge in [0.05, 0.1) is 5.56 Å². The third-order valence-corrected chi connectivity index (χ3v) is 4.14. The molecule has 0 heterocycles. The van der Waals surface area contributed by atoms with Crippen LogP contribution in [0.25, 0.3) is 0 Å². The molecule has 1 aliphatic carbocycles. The fourth-order valence-corrected chi connectivity index (χ4v) is 2.80. The van der Waals surface area contributed by atoms with Crippen molar-refractivity contribution in [3.8, 4) is 5.75 Å². The first-order chi connectivity index (χ1) is 10.7. The molecular weight excluding hydrogens is 280 g/mol. The number of nitrogens with one attached hydrogen (secondary N) is 1. The van der Waals surface area contributed by atoms with Gasteiger partial charge in [-0.2, -0.15) is 0 Å². The molecule has 0 aromatic heterocycles. The number of hydrogen-bond acceptors (Lipinski definition) is 4. The van der Waals surface area contributed by atoms with Crippen LogP contribution in [0.3, 0.4) is 0 Å². The number of carbonyl (C=O) groups excluding carboxylic acids is 2. The summed E-state index contributed by atoms with van der Waals surface area (Å²) in [6, 6.07) is 7.54. The third-order valence-electron chi connectivity index (χ3n) is 4.14. The Morgan fingerprint density at radius 1 is 1.36 bits per heavy atom. The maximum Gasteiger partial charge on any atom is 0.257 e. The van der Waals surface area contributed by atoms with Crippen LogP contribution in [-0.2, 0) is 4.79 Å². The van der Waals surface area contributed by atoms with E-state index in [1.165, 1.54) is 25.7 Å². The van der Waals surface area contributed by atoms with E-state index in [0.717, 1.165) is 12.8 Å². The van der Waals surface area contributed by atoms with E-state index in [9.17, 15) is 9.59 Å². The van der Waals surface area contributed by atoms with Gasteiger partial charge in [0.15, 0.2) is 12.9 Å². The minimum Gasteiger partial charge on any atom is -0.483 e. The Labute approximate surface area is 131 Å². The van der Waals surface area contributed by atoms with Crippen LogP contribution >= 0.6 is 0 Å².